The van der Waals surface area contributed by atoms with Crippen molar-refractivity contribution < 1.29 is 19.1 Å². The summed E-state index contributed by atoms with van der Waals surface area (Å²) in [6.07, 6.45) is 5.66. The molecule has 0 saturated heterocycles. The summed E-state index contributed by atoms with van der Waals surface area (Å²) in [6, 6.07) is 13.7. The van der Waals surface area contributed by atoms with E-state index < -0.39 is 5.97 Å². The first-order valence-electron chi connectivity index (χ1n) is 8.88. The number of rotatable bonds is 9. The van der Waals surface area contributed by atoms with Gasteiger partial charge in [-0.15, -0.1) is 0 Å². The molecule has 0 radical (unpaired) electrons. The number of esters is 2. The van der Waals surface area contributed by atoms with Gasteiger partial charge in [0.05, 0.1) is 5.56 Å². The van der Waals surface area contributed by atoms with E-state index in [0.29, 0.717) is 16.5 Å². The zero-order valence-electron chi connectivity index (χ0n) is 14.9. The molecule has 2 aromatic rings. The second-order valence-corrected chi connectivity index (χ2v) is 6.81. The Bertz CT molecular complexity index is 742. The van der Waals surface area contributed by atoms with Crippen molar-refractivity contribution in [3.63, 3.8) is 0 Å². The third-order valence-electron chi connectivity index (χ3n) is 3.85. The zero-order valence-corrected chi connectivity index (χ0v) is 16.5. The first-order chi connectivity index (χ1) is 12.6. The smallest absolute Gasteiger partial charge is 0.344 e. The molecule has 26 heavy (non-hydrogen) atoms. The maximum absolute atomic E-state index is 12.4. The zero-order chi connectivity index (χ0) is 18.8. The minimum absolute atomic E-state index is 0.229. The van der Waals surface area contributed by atoms with Crippen LogP contribution in [0.25, 0.3) is 0 Å². The summed E-state index contributed by atoms with van der Waals surface area (Å²) in [5.74, 6) is -0.342. The number of carbonyl (C=O) groups is 2. The van der Waals surface area contributed by atoms with Gasteiger partial charge in [-0.05, 0) is 46.6 Å². The Labute approximate surface area is 162 Å². The summed E-state index contributed by atoms with van der Waals surface area (Å²) < 4.78 is 11.5. The Morgan fingerprint density at radius 1 is 0.846 bits per heavy atom. The normalized spacial score (nSPS) is 10.4. The molecule has 0 aliphatic heterocycles. The lowest BCUT2D eigenvalue weighted by atomic mass is 10.1. The fourth-order valence-corrected chi connectivity index (χ4v) is 2.89. The molecule has 138 valence electrons. The van der Waals surface area contributed by atoms with Crippen LogP contribution in [-0.2, 0) is 4.79 Å². The van der Waals surface area contributed by atoms with Gasteiger partial charge in [-0.3, -0.25) is 4.79 Å². The molecule has 4 nitrogen and oxygen atoms in total. The topological polar surface area (TPSA) is 52.6 Å². The molecule has 0 heterocycles. The van der Waals surface area contributed by atoms with E-state index >= 15 is 0 Å². The van der Waals surface area contributed by atoms with Crippen molar-refractivity contribution in [2.75, 3.05) is 0 Å². The second kappa shape index (κ2) is 10.8. The lowest BCUT2D eigenvalue weighted by molar-refractivity contribution is -0.134. The molecular weight excluding hydrogens is 396 g/mol. The van der Waals surface area contributed by atoms with Crippen molar-refractivity contribution in [1.82, 2.24) is 0 Å². The maximum atomic E-state index is 12.4. The highest BCUT2D eigenvalue weighted by Gasteiger charge is 2.16. The van der Waals surface area contributed by atoms with Crippen molar-refractivity contribution in [3.05, 3.63) is 58.6 Å². The summed E-state index contributed by atoms with van der Waals surface area (Å²) in [7, 11) is 0. The van der Waals surface area contributed by atoms with Gasteiger partial charge < -0.3 is 9.47 Å². The third kappa shape index (κ3) is 6.30. The lowest BCUT2D eigenvalue weighted by Crippen LogP contribution is -2.12. The summed E-state index contributed by atoms with van der Waals surface area (Å²) in [4.78, 5) is 24.4. The summed E-state index contributed by atoms with van der Waals surface area (Å²) in [5.41, 5.74) is 0.407. The molecule has 0 unspecified atom stereocenters. The molecule has 2 rings (SSSR count). The van der Waals surface area contributed by atoms with Gasteiger partial charge in [0.25, 0.3) is 0 Å². The van der Waals surface area contributed by atoms with Gasteiger partial charge in [0.15, 0.2) is 11.5 Å². The first-order valence-corrected chi connectivity index (χ1v) is 9.67. The molecule has 0 atom stereocenters. The lowest BCUT2D eigenvalue weighted by Gasteiger charge is -2.11. The number of ether oxygens (including phenoxy) is 2. The van der Waals surface area contributed by atoms with Crippen LogP contribution >= 0.6 is 15.9 Å². The Balaban J connectivity index is 1.96. The molecule has 0 amide bonds. The van der Waals surface area contributed by atoms with Gasteiger partial charge in [0.2, 0.25) is 0 Å². The van der Waals surface area contributed by atoms with E-state index in [1.54, 1.807) is 42.5 Å². The number of benzene rings is 2. The molecule has 0 fully saturated rings. The Morgan fingerprint density at radius 3 is 2.15 bits per heavy atom. The van der Waals surface area contributed by atoms with Crippen LogP contribution in [0.4, 0.5) is 0 Å². The minimum Gasteiger partial charge on any atom is -0.423 e. The molecule has 2 aromatic carbocycles. The van der Waals surface area contributed by atoms with Gasteiger partial charge >= 0.3 is 11.9 Å². The van der Waals surface area contributed by atoms with Crippen molar-refractivity contribution >= 4 is 27.9 Å². The molecular formula is C21H23BrO4. The Hall–Kier alpha value is -2.14. The SMILES string of the molecule is CCCCCCCC(=O)Oc1ccccc1OC(=O)c1ccccc1Br. The first kappa shape index (κ1) is 20.2. The number of para-hydroxylation sites is 2. The number of unbranched alkanes of at least 4 members (excludes halogenated alkanes) is 4. The van der Waals surface area contributed by atoms with Crippen LogP contribution in [0.5, 0.6) is 11.5 Å². The number of halogens is 1. The standard InChI is InChI=1S/C21H23BrO4/c1-2-3-4-5-6-15-20(23)25-18-13-9-10-14-19(18)26-21(24)16-11-7-8-12-17(16)22/h7-14H,2-6,15H2,1H3. The summed E-state index contributed by atoms with van der Waals surface area (Å²) in [6.45, 7) is 2.15. The predicted octanol–water partition coefficient (Wildman–Crippen LogP) is 5.93. The highest BCUT2D eigenvalue weighted by atomic mass is 79.9. The molecule has 0 spiro atoms. The maximum Gasteiger partial charge on any atom is 0.344 e. The van der Waals surface area contributed by atoms with Gasteiger partial charge in [0, 0.05) is 10.9 Å². The van der Waals surface area contributed by atoms with Gasteiger partial charge in [-0.2, -0.15) is 0 Å². The fourth-order valence-electron chi connectivity index (χ4n) is 2.45. The van der Waals surface area contributed by atoms with Gasteiger partial charge in [-0.25, -0.2) is 4.79 Å². The predicted molar refractivity (Wildman–Crippen MR) is 105 cm³/mol. The second-order valence-electron chi connectivity index (χ2n) is 5.95. The largest absolute Gasteiger partial charge is 0.423 e. The van der Waals surface area contributed by atoms with Gasteiger partial charge in [-0.1, -0.05) is 56.9 Å². The third-order valence-corrected chi connectivity index (χ3v) is 4.55. The Morgan fingerprint density at radius 2 is 1.46 bits per heavy atom. The summed E-state index contributed by atoms with van der Waals surface area (Å²) >= 11 is 3.33. The van der Waals surface area contributed by atoms with Crippen molar-refractivity contribution in [3.8, 4) is 11.5 Å². The molecule has 5 heteroatoms. The van der Waals surface area contributed by atoms with Crippen LogP contribution in [0.15, 0.2) is 53.0 Å². The van der Waals surface area contributed by atoms with E-state index in [-0.39, 0.29) is 17.5 Å². The number of hydrogen-bond acceptors (Lipinski definition) is 4. The Kier molecular flexibility index (Phi) is 8.35. The molecule has 0 aliphatic carbocycles. The molecule has 0 saturated carbocycles. The van der Waals surface area contributed by atoms with E-state index in [0.717, 1.165) is 19.3 Å². The van der Waals surface area contributed by atoms with Crippen LogP contribution in [0.2, 0.25) is 0 Å². The molecule has 0 bridgehead atoms. The van der Waals surface area contributed by atoms with Crippen LogP contribution in [-0.4, -0.2) is 11.9 Å². The highest BCUT2D eigenvalue weighted by Crippen LogP contribution is 2.28. The van der Waals surface area contributed by atoms with Crippen molar-refractivity contribution in [2.24, 2.45) is 0 Å². The molecule has 0 N–H and O–H groups in total. The van der Waals surface area contributed by atoms with E-state index in [4.69, 9.17) is 9.47 Å². The quantitative estimate of drug-likeness (QED) is 0.287. The van der Waals surface area contributed by atoms with E-state index in [9.17, 15) is 9.59 Å². The van der Waals surface area contributed by atoms with Crippen LogP contribution in [0.3, 0.4) is 0 Å². The molecule has 0 aliphatic rings. The van der Waals surface area contributed by atoms with E-state index in [1.807, 2.05) is 6.07 Å². The number of carbonyl (C=O) groups excluding carboxylic acids is 2. The number of hydrogen-bond donors (Lipinski definition) is 0. The fraction of sp³-hybridized carbons (Fsp3) is 0.333. The highest BCUT2D eigenvalue weighted by molar-refractivity contribution is 9.10. The van der Waals surface area contributed by atoms with E-state index in [1.165, 1.54) is 12.8 Å². The average molecular weight is 419 g/mol. The van der Waals surface area contributed by atoms with Crippen LogP contribution < -0.4 is 9.47 Å². The summed E-state index contributed by atoms with van der Waals surface area (Å²) in [5, 5.41) is 0. The van der Waals surface area contributed by atoms with Crippen molar-refractivity contribution in [1.29, 1.82) is 0 Å². The van der Waals surface area contributed by atoms with Crippen LogP contribution in [0.1, 0.15) is 55.8 Å². The molecule has 0 aromatic heterocycles. The van der Waals surface area contributed by atoms with E-state index in [2.05, 4.69) is 22.9 Å². The minimum atomic E-state index is -0.513. The van der Waals surface area contributed by atoms with Crippen LogP contribution in [0, 0.1) is 0 Å². The van der Waals surface area contributed by atoms with Gasteiger partial charge in [0.1, 0.15) is 0 Å². The average Bonchev–Trinajstić information content (AvgIpc) is 2.63. The monoisotopic (exact) mass is 418 g/mol. The van der Waals surface area contributed by atoms with Crippen molar-refractivity contribution in [2.45, 2.75) is 45.4 Å².